The number of aliphatic hydroxyl groups is 1. The molecule has 4 heteroatoms. The van der Waals surface area contributed by atoms with Crippen molar-refractivity contribution >= 4 is 5.97 Å². The van der Waals surface area contributed by atoms with E-state index in [1.807, 2.05) is 30.4 Å². The third kappa shape index (κ3) is 4.20. The summed E-state index contributed by atoms with van der Waals surface area (Å²) in [6.07, 6.45) is 11.4. The van der Waals surface area contributed by atoms with Crippen LogP contribution in [0.5, 0.6) is 0 Å². The molecular weight excluding hydrogens is 314 g/mol. The Bertz CT molecular complexity index is 665. The van der Waals surface area contributed by atoms with Gasteiger partial charge in [0.15, 0.2) is 0 Å². The highest BCUT2D eigenvalue weighted by Gasteiger charge is 2.41. The van der Waals surface area contributed by atoms with Crippen molar-refractivity contribution in [1.82, 2.24) is 0 Å². The summed E-state index contributed by atoms with van der Waals surface area (Å²) < 4.78 is 0. The van der Waals surface area contributed by atoms with E-state index < -0.39 is 17.5 Å². The number of carbonyl (C=O) groups excluding carboxylic acids is 1. The Balaban J connectivity index is 2.35. The zero-order valence-electron chi connectivity index (χ0n) is 15.1. The molecule has 0 saturated heterocycles. The van der Waals surface area contributed by atoms with Crippen LogP contribution >= 0.6 is 0 Å². The maximum atomic E-state index is 11.3. The molecule has 1 aliphatic rings. The molecule has 0 bridgehead atoms. The average Bonchev–Trinajstić information content (AvgIpc) is 2.58. The van der Waals surface area contributed by atoms with Crippen LogP contribution in [-0.4, -0.2) is 23.2 Å². The van der Waals surface area contributed by atoms with Gasteiger partial charge in [0.1, 0.15) is 0 Å². The van der Waals surface area contributed by atoms with Crippen LogP contribution in [0.15, 0.2) is 42.5 Å². The van der Waals surface area contributed by atoms with Crippen molar-refractivity contribution in [1.29, 1.82) is 0 Å². The Morgan fingerprint density at radius 2 is 2.12 bits per heavy atom. The van der Waals surface area contributed by atoms with Crippen molar-refractivity contribution < 1.29 is 15.0 Å². The van der Waals surface area contributed by atoms with Crippen molar-refractivity contribution in [3.05, 3.63) is 59.2 Å². The largest absolute Gasteiger partial charge is 0.545 e. The van der Waals surface area contributed by atoms with E-state index in [0.29, 0.717) is 18.4 Å². The Kier molecular flexibility index (Phi) is 6.57. The number of hydrogen-bond donors (Lipinski definition) is 2. The summed E-state index contributed by atoms with van der Waals surface area (Å²) in [6.45, 7) is 3.91. The molecule has 0 heterocycles. The average molecular weight is 342 g/mol. The van der Waals surface area contributed by atoms with E-state index in [1.165, 1.54) is 0 Å². The van der Waals surface area contributed by atoms with Crippen molar-refractivity contribution in [3.8, 4) is 0 Å². The van der Waals surface area contributed by atoms with E-state index in [4.69, 9.17) is 5.73 Å². The first-order valence-electron chi connectivity index (χ1n) is 9.02. The van der Waals surface area contributed by atoms with Gasteiger partial charge in [-0.15, -0.1) is 0 Å². The minimum atomic E-state index is -1.18. The van der Waals surface area contributed by atoms with Crippen LogP contribution in [0.2, 0.25) is 0 Å². The predicted molar refractivity (Wildman–Crippen MR) is 98.1 cm³/mol. The van der Waals surface area contributed by atoms with Gasteiger partial charge in [-0.25, -0.2) is 0 Å². The van der Waals surface area contributed by atoms with E-state index in [1.54, 1.807) is 19.1 Å². The zero-order chi connectivity index (χ0) is 18.4. The second-order valence-electron chi connectivity index (χ2n) is 6.95. The maximum Gasteiger partial charge on any atom is 0.0718 e. The number of hydrogen-bond acceptors (Lipinski definition) is 4. The van der Waals surface area contributed by atoms with Gasteiger partial charge in [0.2, 0.25) is 0 Å². The molecule has 1 aromatic rings. The van der Waals surface area contributed by atoms with Crippen molar-refractivity contribution in [2.45, 2.75) is 58.1 Å². The fourth-order valence-electron chi connectivity index (χ4n) is 3.62. The lowest BCUT2D eigenvalue weighted by Gasteiger charge is -2.41. The summed E-state index contributed by atoms with van der Waals surface area (Å²) >= 11 is 0. The Hall–Kier alpha value is -1.91. The van der Waals surface area contributed by atoms with Crippen LogP contribution in [-0.2, 0) is 6.42 Å². The highest BCUT2D eigenvalue weighted by atomic mass is 16.4. The minimum Gasteiger partial charge on any atom is -0.545 e. The summed E-state index contributed by atoms with van der Waals surface area (Å²) in [7, 11) is 0. The molecular formula is C21H28NO3-. The number of carboxylic acid groups (broad SMARTS) is 1. The third-order valence-electron chi connectivity index (χ3n) is 5.32. The number of aliphatic hydroxyl groups excluding tert-OH is 1. The lowest BCUT2D eigenvalue weighted by Crippen LogP contribution is -2.50. The normalized spacial score (nSPS) is 23.6. The van der Waals surface area contributed by atoms with Crippen LogP contribution in [0.1, 0.15) is 54.1 Å². The monoisotopic (exact) mass is 342 g/mol. The number of carbonyl (C=O) groups is 1. The molecule has 2 rings (SSSR count). The number of allylic oxidation sites excluding steroid dienone is 2. The van der Waals surface area contributed by atoms with Gasteiger partial charge >= 0.3 is 0 Å². The van der Waals surface area contributed by atoms with Gasteiger partial charge in [-0.2, -0.15) is 0 Å². The fraction of sp³-hybridized carbons (Fsp3) is 0.476. The van der Waals surface area contributed by atoms with Gasteiger partial charge in [0.25, 0.3) is 0 Å². The molecule has 0 amide bonds. The summed E-state index contributed by atoms with van der Waals surface area (Å²) in [4.78, 5) is 11.3. The molecule has 0 saturated carbocycles. The lowest BCUT2D eigenvalue weighted by molar-refractivity contribution is -0.255. The summed E-state index contributed by atoms with van der Waals surface area (Å²) in [6, 6.07) is 4.86. The molecule has 3 unspecified atom stereocenters. The van der Waals surface area contributed by atoms with E-state index in [2.05, 4.69) is 6.92 Å². The number of benzene rings is 1. The van der Waals surface area contributed by atoms with Gasteiger partial charge in [-0.05, 0) is 30.9 Å². The molecule has 0 radical (unpaired) electrons. The number of aromatic carboxylic acids is 1. The first-order valence-corrected chi connectivity index (χ1v) is 9.02. The molecule has 0 aliphatic heterocycles. The van der Waals surface area contributed by atoms with Crippen LogP contribution < -0.4 is 10.8 Å². The molecule has 1 aromatic carbocycles. The van der Waals surface area contributed by atoms with E-state index in [9.17, 15) is 15.0 Å². The SMILES string of the molecule is CCCCCC(O)C1(Cc2cccc(C(=O)[O-])c2C)C=CC=CC1N. The van der Waals surface area contributed by atoms with Crippen molar-refractivity contribution in [2.75, 3.05) is 0 Å². The second-order valence-corrected chi connectivity index (χ2v) is 6.95. The maximum absolute atomic E-state index is 11.3. The Morgan fingerprint density at radius 1 is 1.36 bits per heavy atom. The summed E-state index contributed by atoms with van der Waals surface area (Å²) in [5.74, 6) is -1.18. The van der Waals surface area contributed by atoms with Crippen LogP contribution in [0.25, 0.3) is 0 Å². The second kappa shape index (κ2) is 8.45. The number of unbranched alkanes of at least 4 members (excludes halogenated alkanes) is 2. The lowest BCUT2D eigenvalue weighted by atomic mass is 9.67. The van der Waals surface area contributed by atoms with E-state index in [-0.39, 0.29) is 11.6 Å². The van der Waals surface area contributed by atoms with Crippen LogP contribution in [0.4, 0.5) is 0 Å². The molecule has 0 spiro atoms. The number of rotatable bonds is 8. The fourth-order valence-corrected chi connectivity index (χ4v) is 3.62. The van der Waals surface area contributed by atoms with Gasteiger partial charge in [-0.1, -0.05) is 68.7 Å². The molecule has 3 atom stereocenters. The molecule has 25 heavy (non-hydrogen) atoms. The summed E-state index contributed by atoms with van der Waals surface area (Å²) in [5.41, 5.74) is 7.51. The van der Waals surface area contributed by atoms with E-state index in [0.717, 1.165) is 24.8 Å². The highest BCUT2D eigenvalue weighted by molar-refractivity contribution is 5.87. The molecule has 136 valence electrons. The predicted octanol–water partition coefficient (Wildman–Crippen LogP) is 2.28. The highest BCUT2D eigenvalue weighted by Crippen LogP contribution is 2.38. The molecule has 0 fully saturated rings. The quantitative estimate of drug-likeness (QED) is 0.710. The smallest absolute Gasteiger partial charge is 0.0718 e. The number of carboxylic acids is 1. The van der Waals surface area contributed by atoms with Gasteiger partial charge in [-0.3, -0.25) is 0 Å². The van der Waals surface area contributed by atoms with Gasteiger partial charge in [0, 0.05) is 17.0 Å². The van der Waals surface area contributed by atoms with Gasteiger partial charge < -0.3 is 20.7 Å². The standard InChI is InChI=1S/C21H29NO3/c1-3-4-5-12-19(23)21(13-7-6-11-18(21)22)14-16-9-8-10-17(15(16)2)20(24)25/h6-11,13,18-19,23H,3-5,12,14,22H2,1-2H3,(H,24,25)/p-1. The van der Waals surface area contributed by atoms with Crippen LogP contribution in [0.3, 0.4) is 0 Å². The molecule has 1 aliphatic carbocycles. The summed E-state index contributed by atoms with van der Waals surface area (Å²) in [5, 5.41) is 22.3. The molecule has 0 aromatic heterocycles. The molecule has 3 N–H and O–H groups in total. The Morgan fingerprint density at radius 3 is 2.76 bits per heavy atom. The van der Waals surface area contributed by atoms with Gasteiger partial charge in [0.05, 0.1) is 12.1 Å². The zero-order valence-corrected chi connectivity index (χ0v) is 15.1. The molecule has 4 nitrogen and oxygen atoms in total. The first kappa shape index (κ1) is 19.4. The van der Waals surface area contributed by atoms with Crippen LogP contribution in [0, 0.1) is 12.3 Å². The Labute approximate surface area is 150 Å². The minimum absolute atomic E-state index is 0.192. The topological polar surface area (TPSA) is 86.4 Å². The third-order valence-corrected chi connectivity index (χ3v) is 5.32. The number of nitrogens with two attached hydrogens (primary N) is 1. The first-order chi connectivity index (χ1) is 11.9. The van der Waals surface area contributed by atoms with Crippen molar-refractivity contribution in [2.24, 2.45) is 11.1 Å². The van der Waals surface area contributed by atoms with E-state index >= 15 is 0 Å². The van der Waals surface area contributed by atoms with Crippen molar-refractivity contribution in [3.63, 3.8) is 0 Å².